The summed E-state index contributed by atoms with van der Waals surface area (Å²) in [6, 6.07) is 14.3. The molecule has 0 spiro atoms. The number of fused-ring (bicyclic) bond motifs is 1. The third-order valence-electron chi connectivity index (χ3n) is 2.68. The van der Waals surface area contributed by atoms with Crippen LogP contribution < -0.4 is 5.32 Å². The highest BCUT2D eigenvalue weighted by Crippen LogP contribution is 2.31. The molecule has 0 saturated heterocycles. The molecule has 96 valence electrons. The molecule has 0 unspecified atom stereocenters. The lowest BCUT2D eigenvalue weighted by Gasteiger charge is -2.02. The number of nitrogens with one attached hydrogen (secondary N) is 1. The van der Waals surface area contributed by atoms with Crippen molar-refractivity contribution in [2.75, 3.05) is 12.4 Å². The van der Waals surface area contributed by atoms with Crippen molar-refractivity contribution in [1.82, 2.24) is 9.97 Å². The summed E-state index contributed by atoms with van der Waals surface area (Å²) in [6.45, 7) is 0. The first-order valence-corrected chi connectivity index (χ1v) is 7.77. The van der Waals surface area contributed by atoms with Crippen molar-refractivity contribution in [3.8, 4) is 0 Å². The Bertz CT molecular complexity index is 661. The number of hydrogen-bond acceptors (Lipinski definition) is 5. The Labute approximate surface area is 120 Å². The van der Waals surface area contributed by atoms with Crippen molar-refractivity contribution in [2.45, 2.75) is 10.1 Å². The van der Waals surface area contributed by atoms with E-state index in [1.807, 2.05) is 37.4 Å². The zero-order chi connectivity index (χ0) is 13.1. The summed E-state index contributed by atoms with van der Waals surface area (Å²) in [7, 11) is 1.88. The number of hydrogen-bond donors (Lipinski definition) is 1. The fourth-order valence-electron chi connectivity index (χ4n) is 1.75. The highest BCUT2D eigenvalue weighted by atomic mass is 32.2. The van der Waals surface area contributed by atoms with Crippen LogP contribution in [0.3, 0.4) is 0 Å². The van der Waals surface area contributed by atoms with Gasteiger partial charge in [-0.2, -0.15) is 0 Å². The summed E-state index contributed by atoms with van der Waals surface area (Å²) >= 11 is 3.47. The molecule has 3 rings (SSSR count). The van der Waals surface area contributed by atoms with Crippen LogP contribution in [-0.2, 0) is 5.75 Å². The maximum absolute atomic E-state index is 4.61. The summed E-state index contributed by atoms with van der Waals surface area (Å²) in [5.74, 6) is 1.75. The zero-order valence-corrected chi connectivity index (χ0v) is 12.1. The normalized spacial score (nSPS) is 10.8. The molecule has 0 fully saturated rings. The van der Waals surface area contributed by atoms with Crippen LogP contribution in [0, 0.1) is 0 Å². The fraction of sp³-hybridized carbons (Fsp3) is 0.143. The number of benzene rings is 1. The fourth-order valence-corrected chi connectivity index (χ4v) is 3.72. The minimum absolute atomic E-state index is 0.843. The maximum atomic E-state index is 4.61. The minimum atomic E-state index is 0.843. The number of rotatable bonds is 4. The van der Waals surface area contributed by atoms with Gasteiger partial charge in [-0.05, 0) is 24.3 Å². The first-order chi connectivity index (χ1) is 9.35. The van der Waals surface area contributed by atoms with Gasteiger partial charge in [-0.3, -0.25) is 0 Å². The van der Waals surface area contributed by atoms with Crippen molar-refractivity contribution < 1.29 is 0 Å². The second kappa shape index (κ2) is 5.59. The molecule has 2 heterocycles. The van der Waals surface area contributed by atoms with Crippen LogP contribution in [0.4, 0.5) is 5.82 Å². The van der Waals surface area contributed by atoms with Crippen molar-refractivity contribution in [3.05, 3.63) is 48.2 Å². The van der Waals surface area contributed by atoms with Crippen molar-refractivity contribution >= 4 is 39.1 Å². The second-order valence-corrected chi connectivity index (χ2v) is 6.25. The van der Waals surface area contributed by atoms with Gasteiger partial charge in [0.05, 0.1) is 15.9 Å². The molecule has 2 aromatic heterocycles. The number of thioether (sulfide) groups is 1. The Kier molecular flexibility index (Phi) is 3.66. The predicted octanol–water partition coefficient (Wildman–Crippen LogP) is 4.03. The second-order valence-electron chi connectivity index (χ2n) is 4.00. The van der Waals surface area contributed by atoms with E-state index in [4.69, 9.17) is 0 Å². The van der Waals surface area contributed by atoms with Crippen LogP contribution in [0.25, 0.3) is 10.2 Å². The van der Waals surface area contributed by atoms with E-state index in [2.05, 4.69) is 27.4 Å². The van der Waals surface area contributed by atoms with E-state index in [0.29, 0.717) is 0 Å². The summed E-state index contributed by atoms with van der Waals surface area (Å²) < 4.78 is 2.33. The van der Waals surface area contributed by atoms with Crippen LogP contribution in [0.1, 0.15) is 5.69 Å². The molecule has 0 amide bonds. The van der Waals surface area contributed by atoms with Crippen LogP contribution >= 0.6 is 23.1 Å². The Morgan fingerprint density at radius 2 is 2.00 bits per heavy atom. The van der Waals surface area contributed by atoms with E-state index in [1.165, 1.54) is 4.70 Å². The van der Waals surface area contributed by atoms with Crippen molar-refractivity contribution in [3.63, 3.8) is 0 Å². The number of aromatic nitrogens is 2. The standard InChI is InChI=1S/C14H13N3S2/c1-15-13-8-4-5-10(16-13)9-18-14-17-11-6-2-3-7-12(11)19-14/h2-8H,9H2,1H3,(H,15,16). The van der Waals surface area contributed by atoms with Gasteiger partial charge in [-0.15, -0.1) is 11.3 Å². The van der Waals surface area contributed by atoms with Crippen LogP contribution in [0.5, 0.6) is 0 Å². The Balaban J connectivity index is 1.74. The first kappa shape index (κ1) is 12.4. The third-order valence-corrected chi connectivity index (χ3v) is 4.89. The molecule has 0 saturated carbocycles. The van der Waals surface area contributed by atoms with E-state index < -0.39 is 0 Å². The van der Waals surface area contributed by atoms with Crippen LogP contribution in [0.2, 0.25) is 0 Å². The van der Waals surface area contributed by atoms with Crippen molar-refractivity contribution in [1.29, 1.82) is 0 Å². The highest BCUT2D eigenvalue weighted by molar-refractivity contribution is 8.00. The highest BCUT2D eigenvalue weighted by Gasteiger charge is 2.05. The van der Waals surface area contributed by atoms with Crippen LogP contribution in [-0.4, -0.2) is 17.0 Å². The summed E-state index contributed by atoms with van der Waals surface area (Å²) in [5, 5.41) is 3.05. The lowest BCUT2D eigenvalue weighted by atomic mass is 10.3. The molecule has 3 nitrogen and oxygen atoms in total. The van der Waals surface area contributed by atoms with E-state index in [-0.39, 0.29) is 0 Å². The number of thiazole rings is 1. The van der Waals surface area contributed by atoms with Gasteiger partial charge in [0.1, 0.15) is 5.82 Å². The molecule has 0 bridgehead atoms. The SMILES string of the molecule is CNc1cccc(CSc2nc3ccccc3s2)n1. The Morgan fingerprint density at radius 3 is 2.84 bits per heavy atom. The summed E-state index contributed by atoms with van der Waals surface area (Å²) in [4.78, 5) is 9.11. The van der Waals surface area contributed by atoms with E-state index in [9.17, 15) is 0 Å². The Morgan fingerprint density at radius 1 is 1.11 bits per heavy atom. The smallest absolute Gasteiger partial charge is 0.151 e. The summed E-state index contributed by atoms with van der Waals surface area (Å²) in [5.41, 5.74) is 2.14. The van der Waals surface area contributed by atoms with Gasteiger partial charge in [0.25, 0.3) is 0 Å². The van der Waals surface area contributed by atoms with Gasteiger partial charge in [0, 0.05) is 12.8 Å². The molecular weight excluding hydrogens is 274 g/mol. The Hall–Kier alpha value is -1.59. The molecular formula is C14H13N3S2. The number of anilines is 1. The van der Waals surface area contributed by atoms with Gasteiger partial charge in [-0.1, -0.05) is 30.0 Å². The average Bonchev–Trinajstić information content (AvgIpc) is 2.88. The lowest BCUT2D eigenvalue weighted by Crippen LogP contribution is -1.94. The number of nitrogens with zero attached hydrogens (tertiary/aromatic N) is 2. The van der Waals surface area contributed by atoms with Gasteiger partial charge in [-0.25, -0.2) is 9.97 Å². The largest absolute Gasteiger partial charge is 0.373 e. The molecule has 1 aromatic carbocycles. The van der Waals surface area contributed by atoms with Gasteiger partial charge < -0.3 is 5.32 Å². The molecule has 0 aliphatic heterocycles. The van der Waals surface area contributed by atoms with Gasteiger partial charge in [0.2, 0.25) is 0 Å². The summed E-state index contributed by atoms with van der Waals surface area (Å²) in [6.07, 6.45) is 0. The quantitative estimate of drug-likeness (QED) is 0.735. The van der Waals surface area contributed by atoms with Gasteiger partial charge >= 0.3 is 0 Å². The predicted molar refractivity (Wildman–Crippen MR) is 83.0 cm³/mol. The van der Waals surface area contributed by atoms with E-state index in [1.54, 1.807) is 23.1 Å². The molecule has 0 aliphatic rings. The lowest BCUT2D eigenvalue weighted by molar-refractivity contribution is 1.16. The maximum Gasteiger partial charge on any atom is 0.151 e. The molecule has 0 aliphatic carbocycles. The monoisotopic (exact) mass is 287 g/mol. The number of para-hydroxylation sites is 1. The molecule has 3 aromatic rings. The third kappa shape index (κ3) is 2.88. The molecule has 0 atom stereocenters. The molecule has 0 radical (unpaired) electrons. The molecule has 1 N–H and O–H groups in total. The van der Waals surface area contributed by atoms with Crippen LogP contribution in [0.15, 0.2) is 46.8 Å². The van der Waals surface area contributed by atoms with Crippen molar-refractivity contribution in [2.24, 2.45) is 0 Å². The number of pyridine rings is 1. The zero-order valence-electron chi connectivity index (χ0n) is 10.5. The van der Waals surface area contributed by atoms with Gasteiger partial charge in [0.15, 0.2) is 4.34 Å². The minimum Gasteiger partial charge on any atom is -0.373 e. The molecule has 5 heteroatoms. The molecule has 19 heavy (non-hydrogen) atoms. The first-order valence-electron chi connectivity index (χ1n) is 5.97. The van der Waals surface area contributed by atoms with E-state index in [0.717, 1.165) is 27.1 Å². The topological polar surface area (TPSA) is 37.8 Å². The van der Waals surface area contributed by atoms with E-state index >= 15 is 0 Å². The average molecular weight is 287 g/mol.